The molecule has 0 spiro atoms. The van der Waals surface area contributed by atoms with E-state index in [0.717, 1.165) is 5.69 Å². The van der Waals surface area contributed by atoms with Gasteiger partial charge in [0.25, 0.3) is 0 Å². The quantitative estimate of drug-likeness (QED) is 0.450. The minimum atomic E-state index is 0.882. The number of anilines is 1. The summed E-state index contributed by atoms with van der Waals surface area (Å²) in [4.78, 5) is 0. The van der Waals surface area contributed by atoms with Gasteiger partial charge in [-0.25, -0.2) is 0 Å². The van der Waals surface area contributed by atoms with Crippen LogP contribution in [0.2, 0.25) is 0 Å². The van der Waals surface area contributed by atoms with Gasteiger partial charge < -0.3 is 5.73 Å². The first kappa shape index (κ1) is 11.1. The topological polar surface area (TPSA) is 26.0 Å². The molecule has 0 amide bonds. The van der Waals surface area contributed by atoms with E-state index in [1.165, 1.54) is 38.2 Å². The number of nitrogen functional groups attached to an aromatic ring is 1. The molecular formula is C17H17N. The molecule has 0 radical (unpaired) electrons. The molecule has 3 aromatic carbocycles. The SMILES string of the molecule is Cc1c(N)cc2cc3c(C)cccc3cc2c1C. The van der Waals surface area contributed by atoms with Gasteiger partial charge in [-0.1, -0.05) is 18.2 Å². The van der Waals surface area contributed by atoms with Crippen LogP contribution < -0.4 is 5.73 Å². The lowest BCUT2D eigenvalue weighted by Gasteiger charge is -2.11. The van der Waals surface area contributed by atoms with Gasteiger partial charge in [0.2, 0.25) is 0 Å². The maximum atomic E-state index is 6.07. The van der Waals surface area contributed by atoms with Crippen molar-refractivity contribution in [3.8, 4) is 0 Å². The Kier molecular flexibility index (Phi) is 2.30. The zero-order valence-corrected chi connectivity index (χ0v) is 11.0. The third-order valence-electron chi connectivity index (χ3n) is 3.98. The third kappa shape index (κ3) is 1.47. The van der Waals surface area contributed by atoms with Crippen molar-refractivity contribution in [2.75, 3.05) is 5.73 Å². The average molecular weight is 235 g/mol. The molecule has 3 rings (SSSR count). The largest absolute Gasteiger partial charge is 0.398 e. The summed E-state index contributed by atoms with van der Waals surface area (Å²) in [5.74, 6) is 0. The van der Waals surface area contributed by atoms with E-state index in [1.807, 2.05) is 0 Å². The monoisotopic (exact) mass is 235 g/mol. The first-order chi connectivity index (χ1) is 8.58. The van der Waals surface area contributed by atoms with E-state index >= 15 is 0 Å². The molecule has 0 heterocycles. The number of benzene rings is 3. The fraction of sp³-hybridized carbons (Fsp3) is 0.176. The van der Waals surface area contributed by atoms with Crippen molar-refractivity contribution >= 4 is 27.2 Å². The molecule has 90 valence electrons. The van der Waals surface area contributed by atoms with E-state index < -0.39 is 0 Å². The molecule has 0 unspecified atom stereocenters. The van der Waals surface area contributed by atoms with Crippen molar-refractivity contribution in [3.63, 3.8) is 0 Å². The van der Waals surface area contributed by atoms with Crippen LogP contribution in [0.4, 0.5) is 5.69 Å². The fourth-order valence-electron chi connectivity index (χ4n) is 2.64. The number of nitrogens with two attached hydrogens (primary N) is 1. The molecule has 2 N–H and O–H groups in total. The van der Waals surface area contributed by atoms with Crippen molar-refractivity contribution in [2.24, 2.45) is 0 Å². The minimum absolute atomic E-state index is 0.882. The molecule has 0 aromatic heterocycles. The van der Waals surface area contributed by atoms with Gasteiger partial charge >= 0.3 is 0 Å². The Morgan fingerprint density at radius 1 is 0.778 bits per heavy atom. The molecule has 0 saturated heterocycles. The van der Waals surface area contributed by atoms with Crippen LogP contribution in [-0.4, -0.2) is 0 Å². The van der Waals surface area contributed by atoms with E-state index in [4.69, 9.17) is 5.73 Å². The lowest BCUT2D eigenvalue weighted by Crippen LogP contribution is -1.94. The van der Waals surface area contributed by atoms with Crippen molar-refractivity contribution in [2.45, 2.75) is 20.8 Å². The molecule has 0 aliphatic heterocycles. The molecule has 18 heavy (non-hydrogen) atoms. The lowest BCUT2D eigenvalue weighted by molar-refractivity contribution is 1.38. The Bertz CT molecular complexity index is 770. The lowest BCUT2D eigenvalue weighted by atomic mass is 9.95. The molecule has 0 bridgehead atoms. The summed E-state index contributed by atoms with van der Waals surface area (Å²) in [6.45, 7) is 6.39. The Labute approximate surface area is 107 Å². The number of fused-ring (bicyclic) bond motifs is 2. The highest BCUT2D eigenvalue weighted by Crippen LogP contribution is 2.31. The summed E-state index contributed by atoms with van der Waals surface area (Å²) < 4.78 is 0. The van der Waals surface area contributed by atoms with Crippen molar-refractivity contribution in [3.05, 3.63) is 53.1 Å². The van der Waals surface area contributed by atoms with E-state index in [-0.39, 0.29) is 0 Å². The first-order valence-corrected chi connectivity index (χ1v) is 6.26. The average Bonchev–Trinajstić information content (AvgIpc) is 2.36. The maximum absolute atomic E-state index is 6.07. The second-order valence-electron chi connectivity index (χ2n) is 5.09. The van der Waals surface area contributed by atoms with Crippen LogP contribution in [0.1, 0.15) is 16.7 Å². The standard InChI is InChI=1S/C17H17N/c1-10-5-4-6-13-7-16-11(2)12(3)17(18)9-14(16)8-15(10)13/h4-9H,18H2,1-3H3. The zero-order valence-electron chi connectivity index (χ0n) is 11.0. The maximum Gasteiger partial charge on any atom is 0.0352 e. The van der Waals surface area contributed by atoms with Crippen LogP contribution in [0.5, 0.6) is 0 Å². The molecule has 0 fully saturated rings. The van der Waals surface area contributed by atoms with E-state index in [2.05, 4.69) is 57.2 Å². The van der Waals surface area contributed by atoms with Crippen LogP contribution >= 0.6 is 0 Å². The summed E-state index contributed by atoms with van der Waals surface area (Å²) in [6, 6.07) is 13.1. The van der Waals surface area contributed by atoms with Gasteiger partial charge in [-0.3, -0.25) is 0 Å². The molecule has 3 aromatic rings. The summed E-state index contributed by atoms with van der Waals surface area (Å²) in [7, 11) is 0. The normalized spacial score (nSPS) is 11.3. The zero-order chi connectivity index (χ0) is 12.9. The third-order valence-corrected chi connectivity index (χ3v) is 3.98. The molecule has 0 aliphatic rings. The van der Waals surface area contributed by atoms with Crippen LogP contribution in [0, 0.1) is 20.8 Å². The summed E-state index contributed by atoms with van der Waals surface area (Å²) in [6.07, 6.45) is 0. The van der Waals surface area contributed by atoms with Crippen LogP contribution in [-0.2, 0) is 0 Å². The first-order valence-electron chi connectivity index (χ1n) is 6.26. The molecular weight excluding hydrogens is 218 g/mol. The van der Waals surface area contributed by atoms with Crippen LogP contribution in [0.15, 0.2) is 36.4 Å². The highest BCUT2D eigenvalue weighted by atomic mass is 14.6. The Balaban J connectivity index is 2.53. The number of aryl methyl sites for hydroxylation is 2. The highest BCUT2D eigenvalue weighted by molar-refractivity contribution is 6.02. The summed E-state index contributed by atoms with van der Waals surface area (Å²) in [5.41, 5.74) is 10.7. The molecule has 0 saturated carbocycles. The van der Waals surface area contributed by atoms with Gasteiger partial charge in [0.05, 0.1) is 0 Å². The Morgan fingerprint density at radius 3 is 2.28 bits per heavy atom. The molecule has 1 nitrogen and oxygen atoms in total. The molecule has 0 atom stereocenters. The number of hydrogen-bond donors (Lipinski definition) is 1. The van der Waals surface area contributed by atoms with Gasteiger partial charge in [-0.15, -0.1) is 0 Å². The van der Waals surface area contributed by atoms with Crippen molar-refractivity contribution in [1.82, 2.24) is 0 Å². The summed E-state index contributed by atoms with van der Waals surface area (Å²) >= 11 is 0. The summed E-state index contributed by atoms with van der Waals surface area (Å²) in [5, 5.41) is 5.15. The number of rotatable bonds is 0. The van der Waals surface area contributed by atoms with Gasteiger partial charge in [0, 0.05) is 5.69 Å². The second-order valence-corrected chi connectivity index (χ2v) is 5.09. The molecule has 0 aliphatic carbocycles. The van der Waals surface area contributed by atoms with E-state index in [1.54, 1.807) is 0 Å². The molecule has 1 heteroatoms. The van der Waals surface area contributed by atoms with E-state index in [0.29, 0.717) is 0 Å². The highest BCUT2D eigenvalue weighted by Gasteiger charge is 2.06. The number of hydrogen-bond acceptors (Lipinski definition) is 1. The predicted octanol–water partition coefficient (Wildman–Crippen LogP) is 4.50. The van der Waals surface area contributed by atoms with Crippen LogP contribution in [0.25, 0.3) is 21.5 Å². The predicted molar refractivity (Wildman–Crippen MR) is 80.1 cm³/mol. The van der Waals surface area contributed by atoms with E-state index in [9.17, 15) is 0 Å². The van der Waals surface area contributed by atoms with Crippen molar-refractivity contribution in [1.29, 1.82) is 0 Å². The van der Waals surface area contributed by atoms with Gasteiger partial charge in [0.1, 0.15) is 0 Å². The minimum Gasteiger partial charge on any atom is -0.398 e. The Morgan fingerprint density at radius 2 is 1.50 bits per heavy atom. The smallest absolute Gasteiger partial charge is 0.0352 e. The van der Waals surface area contributed by atoms with Gasteiger partial charge in [0.15, 0.2) is 0 Å². The fourth-order valence-corrected chi connectivity index (χ4v) is 2.64. The van der Waals surface area contributed by atoms with Gasteiger partial charge in [-0.05, 0) is 77.2 Å². The Hall–Kier alpha value is -2.02. The van der Waals surface area contributed by atoms with Crippen LogP contribution in [0.3, 0.4) is 0 Å². The second kappa shape index (κ2) is 3.74. The van der Waals surface area contributed by atoms with Gasteiger partial charge in [-0.2, -0.15) is 0 Å². The van der Waals surface area contributed by atoms with Crippen molar-refractivity contribution < 1.29 is 0 Å².